The van der Waals surface area contributed by atoms with Gasteiger partial charge in [-0.25, -0.2) is 0 Å². The number of piperidine rings is 1. The highest BCUT2D eigenvalue weighted by molar-refractivity contribution is 7.86. The van der Waals surface area contributed by atoms with Crippen LogP contribution in [-0.2, 0) is 15.0 Å². The van der Waals surface area contributed by atoms with Crippen LogP contribution in [0.5, 0.6) is 0 Å². The van der Waals surface area contributed by atoms with Crippen LogP contribution in [0, 0.1) is 11.8 Å². The van der Waals surface area contributed by atoms with E-state index in [1.54, 1.807) is 4.31 Å². The van der Waals surface area contributed by atoms with Crippen molar-refractivity contribution >= 4 is 16.2 Å². The Morgan fingerprint density at radius 2 is 1.78 bits per heavy atom. The molecule has 1 aromatic rings. The standard InChI is InChI=1S/C16H22N2O4S/c1-12-11-18(15(12)13-5-3-2-4-6-13)23(21,22)17-9-7-14(8-10-17)16(19)20/h2-6,12,14-15H,7-11H2,1H3,(H,19,20). The largest absolute Gasteiger partial charge is 0.481 e. The van der Waals surface area contributed by atoms with Crippen LogP contribution in [0.15, 0.2) is 30.3 Å². The fraction of sp³-hybridized carbons (Fsp3) is 0.562. The third kappa shape index (κ3) is 3.00. The van der Waals surface area contributed by atoms with Crippen molar-refractivity contribution in [3.05, 3.63) is 35.9 Å². The molecule has 0 bridgehead atoms. The van der Waals surface area contributed by atoms with Gasteiger partial charge in [0.05, 0.1) is 12.0 Å². The smallest absolute Gasteiger partial charge is 0.306 e. The van der Waals surface area contributed by atoms with Gasteiger partial charge in [-0.1, -0.05) is 37.3 Å². The molecule has 2 saturated heterocycles. The molecule has 2 fully saturated rings. The van der Waals surface area contributed by atoms with Crippen LogP contribution in [-0.4, -0.2) is 47.7 Å². The van der Waals surface area contributed by atoms with Crippen LogP contribution in [0.25, 0.3) is 0 Å². The fourth-order valence-corrected chi connectivity index (χ4v) is 5.52. The maximum absolute atomic E-state index is 12.9. The summed E-state index contributed by atoms with van der Waals surface area (Å²) in [6, 6.07) is 9.55. The van der Waals surface area contributed by atoms with Crippen molar-refractivity contribution in [2.75, 3.05) is 19.6 Å². The molecule has 0 aromatic heterocycles. The van der Waals surface area contributed by atoms with Gasteiger partial charge in [-0.3, -0.25) is 4.79 Å². The normalized spacial score (nSPS) is 27.5. The van der Waals surface area contributed by atoms with Gasteiger partial charge in [0.15, 0.2) is 0 Å². The van der Waals surface area contributed by atoms with Crippen molar-refractivity contribution in [1.29, 1.82) is 0 Å². The highest BCUT2D eigenvalue weighted by atomic mass is 32.2. The average Bonchev–Trinajstić information content (AvgIpc) is 2.53. The lowest BCUT2D eigenvalue weighted by molar-refractivity contribution is -0.143. The molecule has 2 atom stereocenters. The van der Waals surface area contributed by atoms with Crippen LogP contribution >= 0.6 is 0 Å². The van der Waals surface area contributed by atoms with Crippen LogP contribution in [0.4, 0.5) is 0 Å². The highest BCUT2D eigenvalue weighted by Gasteiger charge is 2.47. The zero-order valence-corrected chi connectivity index (χ0v) is 13.9. The third-order valence-corrected chi connectivity index (χ3v) is 6.87. The summed E-state index contributed by atoms with van der Waals surface area (Å²) in [6.45, 7) is 3.14. The first-order valence-corrected chi connectivity index (χ1v) is 9.35. The zero-order valence-electron chi connectivity index (χ0n) is 13.1. The second-order valence-electron chi connectivity index (χ2n) is 6.42. The van der Waals surface area contributed by atoms with Gasteiger partial charge in [0.1, 0.15) is 0 Å². The molecule has 0 spiro atoms. The van der Waals surface area contributed by atoms with Gasteiger partial charge >= 0.3 is 5.97 Å². The molecule has 2 aliphatic heterocycles. The first kappa shape index (κ1) is 16.4. The molecule has 2 aliphatic rings. The number of benzene rings is 1. The van der Waals surface area contributed by atoms with E-state index < -0.39 is 22.1 Å². The predicted molar refractivity (Wildman–Crippen MR) is 85.9 cm³/mol. The number of carboxylic acids is 1. The van der Waals surface area contributed by atoms with E-state index in [0.29, 0.717) is 19.4 Å². The molecule has 0 aliphatic carbocycles. The summed E-state index contributed by atoms with van der Waals surface area (Å²) in [5.41, 5.74) is 1.01. The van der Waals surface area contributed by atoms with Crippen molar-refractivity contribution in [3.63, 3.8) is 0 Å². The molecule has 0 radical (unpaired) electrons. The second-order valence-corrected chi connectivity index (χ2v) is 8.30. The molecule has 23 heavy (non-hydrogen) atoms. The minimum atomic E-state index is -3.53. The van der Waals surface area contributed by atoms with Gasteiger partial charge in [0.25, 0.3) is 10.2 Å². The van der Waals surface area contributed by atoms with Gasteiger partial charge < -0.3 is 5.11 Å². The summed E-state index contributed by atoms with van der Waals surface area (Å²) < 4.78 is 28.7. The topological polar surface area (TPSA) is 77.9 Å². The van der Waals surface area contributed by atoms with Crippen LogP contribution in [0.3, 0.4) is 0 Å². The zero-order chi connectivity index (χ0) is 16.6. The van der Waals surface area contributed by atoms with E-state index in [4.69, 9.17) is 5.11 Å². The molecule has 7 heteroatoms. The SMILES string of the molecule is CC1CN(S(=O)(=O)N2CCC(C(=O)O)CC2)C1c1ccccc1. The van der Waals surface area contributed by atoms with Crippen LogP contribution < -0.4 is 0 Å². The lowest BCUT2D eigenvalue weighted by Crippen LogP contribution is -2.57. The fourth-order valence-electron chi connectivity index (χ4n) is 3.51. The lowest BCUT2D eigenvalue weighted by Gasteiger charge is -2.48. The number of carbonyl (C=O) groups is 1. The lowest BCUT2D eigenvalue weighted by atomic mass is 9.88. The number of rotatable bonds is 4. The summed E-state index contributed by atoms with van der Waals surface area (Å²) >= 11 is 0. The summed E-state index contributed by atoms with van der Waals surface area (Å²) in [5.74, 6) is -0.979. The Morgan fingerprint density at radius 1 is 1.17 bits per heavy atom. The Hall–Kier alpha value is -1.44. The van der Waals surface area contributed by atoms with Crippen molar-refractivity contribution in [2.45, 2.75) is 25.8 Å². The van der Waals surface area contributed by atoms with Crippen molar-refractivity contribution < 1.29 is 18.3 Å². The van der Waals surface area contributed by atoms with Crippen LogP contribution in [0.1, 0.15) is 31.4 Å². The first-order valence-electron chi connectivity index (χ1n) is 7.96. The summed E-state index contributed by atoms with van der Waals surface area (Å²) in [5, 5.41) is 9.04. The van der Waals surface area contributed by atoms with Crippen LogP contribution in [0.2, 0.25) is 0 Å². The van der Waals surface area contributed by atoms with Crippen molar-refractivity contribution in [1.82, 2.24) is 8.61 Å². The van der Waals surface area contributed by atoms with E-state index in [2.05, 4.69) is 6.92 Å². The van der Waals surface area contributed by atoms with Gasteiger partial charge in [0, 0.05) is 19.6 Å². The third-order valence-electron chi connectivity index (χ3n) is 4.88. The highest BCUT2D eigenvalue weighted by Crippen LogP contribution is 2.41. The molecule has 6 nitrogen and oxygen atoms in total. The van der Waals surface area contributed by atoms with Gasteiger partial charge in [-0.2, -0.15) is 17.0 Å². The number of carboxylic acid groups (broad SMARTS) is 1. The Morgan fingerprint density at radius 3 is 2.30 bits per heavy atom. The summed E-state index contributed by atoms with van der Waals surface area (Å²) in [4.78, 5) is 11.0. The summed E-state index contributed by atoms with van der Waals surface area (Å²) in [7, 11) is -3.53. The van der Waals surface area contributed by atoms with E-state index in [1.165, 1.54) is 4.31 Å². The average molecular weight is 338 g/mol. The van der Waals surface area contributed by atoms with Crippen molar-refractivity contribution in [3.8, 4) is 0 Å². The van der Waals surface area contributed by atoms with E-state index in [9.17, 15) is 13.2 Å². The Kier molecular flexibility index (Phi) is 4.44. The minimum Gasteiger partial charge on any atom is -0.481 e. The predicted octanol–water partition coefficient (Wildman–Crippen LogP) is 1.72. The molecular formula is C16H22N2O4S. The van der Waals surface area contributed by atoms with E-state index in [-0.39, 0.29) is 25.0 Å². The monoisotopic (exact) mass is 338 g/mol. The van der Waals surface area contributed by atoms with Gasteiger partial charge in [-0.05, 0) is 24.3 Å². The van der Waals surface area contributed by atoms with Gasteiger partial charge in [-0.15, -0.1) is 0 Å². The maximum Gasteiger partial charge on any atom is 0.306 e. The molecule has 126 valence electrons. The molecule has 2 heterocycles. The molecule has 1 N–H and O–H groups in total. The molecular weight excluding hydrogens is 316 g/mol. The molecule has 1 aromatic carbocycles. The summed E-state index contributed by atoms with van der Waals surface area (Å²) in [6.07, 6.45) is 0.766. The van der Waals surface area contributed by atoms with E-state index >= 15 is 0 Å². The Balaban J connectivity index is 1.74. The number of aliphatic carboxylic acids is 1. The number of hydrogen-bond donors (Lipinski definition) is 1. The molecule has 2 unspecified atom stereocenters. The van der Waals surface area contributed by atoms with Gasteiger partial charge in [0.2, 0.25) is 0 Å². The quantitative estimate of drug-likeness (QED) is 0.907. The Bertz CT molecular complexity index is 669. The van der Waals surface area contributed by atoms with Crippen molar-refractivity contribution in [2.24, 2.45) is 11.8 Å². The molecule has 0 amide bonds. The first-order chi connectivity index (χ1) is 10.9. The van der Waals surface area contributed by atoms with E-state index in [0.717, 1.165) is 5.56 Å². The maximum atomic E-state index is 12.9. The number of hydrogen-bond acceptors (Lipinski definition) is 3. The Labute approximate surface area is 136 Å². The number of nitrogens with zero attached hydrogens (tertiary/aromatic N) is 2. The molecule has 3 rings (SSSR count). The van der Waals surface area contributed by atoms with E-state index in [1.807, 2.05) is 30.3 Å². The molecule has 0 saturated carbocycles. The second kappa shape index (κ2) is 6.22. The minimum absolute atomic E-state index is 0.126.